The Balaban J connectivity index is 2.14. The molecule has 0 aliphatic heterocycles. The van der Waals surface area contributed by atoms with Crippen LogP contribution in [-0.4, -0.2) is 20.8 Å². The van der Waals surface area contributed by atoms with Gasteiger partial charge in [-0.25, -0.2) is 0 Å². The zero-order valence-electron chi connectivity index (χ0n) is 12.4. The number of anilines is 1. The number of nitro groups is 1. The van der Waals surface area contributed by atoms with Crippen molar-refractivity contribution < 1.29 is 9.72 Å². The minimum atomic E-state index is -1.83. The van der Waals surface area contributed by atoms with Crippen LogP contribution in [0.4, 0.5) is 11.4 Å². The van der Waals surface area contributed by atoms with Crippen molar-refractivity contribution in [2.24, 2.45) is 0 Å². The van der Waals surface area contributed by atoms with Gasteiger partial charge in [0.15, 0.2) is 0 Å². The number of nitrogens with one attached hydrogen (secondary N) is 2. The van der Waals surface area contributed by atoms with Crippen LogP contribution in [0.1, 0.15) is 10.4 Å². The summed E-state index contributed by atoms with van der Waals surface area (Å²) in [5.74, 6) is -0.546. The second-order valence-corrected chi connectivity index (χ2v) is 8.19. The molecule has 0 saturated carbocycles. The molecule has 0 fully saturated rings. The summed E-state index contributed by atoms with van der Waals surface area (Å²) in [6.07, 6.45) is -1.03. The van der Waals surface area contributed by atoms with Crippen molar-refractivity contribution in [3.63, 3.8) is 0 Å². The summed E-state index contributed by atoms with van der Waals surface area (Å²) in [6.45, 7) is 0. The number of carbonyl (C=O) groups is 1. The predicted octanol–water partition coefficient (Wildman–Crippen LogP) is 4.90. The van der Waals surface area contributed by atoms with Crippen molar-refractivity contribution in [1.82, 2.24) is 5.32 Å². The lowest BCUT2D eigenvalue weighted by molar-refractivity contribution is -0.384. The van der Waals surface area contributed by atoms with Gasteiger partial charge in [-0.05, 0) is 36.4 Å². The largest absolute Gasteiger partial charge is 0.362 e. The number of amides is 1. The third-order valence-corrected chi connectivity index (χ3v) is 4.28. The first-order chi connectivity index (χ1) is 11.7. The fraction of sp³-hybridized carbons (Fsp3) is 0.133. The summed E-state index contributed by atoms with van der Waals surface area (Å²) in [6, 6.07) is 12.1. The molecule has 0 bridgehead atoms. The van der Waals surface area contributed by atoms with Crippen LogP contribution in [0.15, 0.2) is 53.0 Å². The maximum atomic E-state index is 12.3. The Hall–Kier alpha value is -1.54. The molecule has 0 aliphatic carbocycles. The molecule has 0 heterocycles. The summed E-state index contributed by atoms with van der Waals surface area (Å²) in [7, 11) is 0. The lowest BCUT2D eigenvalue weighted by Crippen LogP contribution is -2.49. The van der Waals surface area contributed by atoms with E-state index in [2.05, 4.69) is 26.6 Å². The second kappa shape index (κ2) is 8.23. The van der Waals surface area contributed by atoms with Gasteiger partial charge >= 0.3 is 0 Å². The molecule has 2 rings (SSSR count). The molecule has 0 radical (unpaired) electrons. The highest BCUT2D eigenvalue weighted by Gasteiger charge is 2.34. The Morgan fingerprint density at radius 1 is 1.08 bits per heavy atom. The Bertz CT molecular complexity index is 764. The zero-order chi connectivity index (χ0) is 18.6. The summed E-state index contributed by atoms with van der Waals surface area (Å²) < 4.78 is -0.956. The molecule has 0 unspecified atom stereocenters. The average molecular weight is 468 g/mol. The van der Waals surface area contributed by atoms with Gasteiger partial charge in [0.25, 0.3) is 11.6 Å². The third kappa shape index (κ3) is 5.74. The SMILES string of the molecule is O=C(N[C@@H](Nc1ccc(Br)cc1)C(Cl)(Cl)Cl)c1ccc([N+](=O)[O-])cc1. The van der Waals surface area contributed by atoms with E-state index >= 15 is 0 Å². The van der Waals surface area contributed by atoms with Crippen LogP contribution >= 0.6 is 50.7 Å². The number of hydrogen-bond acceptors (Lipinski definition) is 4. The van der Waals surface area contributed by atoms with E-state index in [1.165, 1.54) is 24.3 Å². The summed E-state index contributed by atoms with van der Waals surface area (Å²) >= 11 is 21.1. The van der Waals surface area contributed by atoms with Crippen LogP contribution in [0.3, 0.4) is 0 Å². The highest BCUT2D eigenvalue weighted by atomic mass is 79.9. The van der Waals surface area contributed by atoms with Crippen molar-refractivity contribution in [2.45, 2.75) is 9.96 Å². The van der Waals surface area contributed by atoms with Gasteiger partial charge in [0.1, 0.15) is 6.17 Å². The summed E-state index contributed by atoms with van der Waals surface area (Å²) in [5.41, 5.74) is 0.702. The smallest absolute Gasteiger partial charge is 0.269 e. The zero-order valence-corrected chi connectivity index (χ0v) is 16.2. The molecule has 132 valence electrons. The third-order valence-electron chi connectivity index (χ3n) is 3.10. The predicted molar refractivity (Wildman–Crippen MR) is 102 cm³/mol. The van der Waals surface area contributed by atoms with E-state index in [-0.39, 0.29) is 11.3 Å². The van der Waals surface area contributed by atoms with Gasteiger partial charge in [-0.15, -0.1) is 0 Å². The number of nitro benzene ring substituents is 1. The Morgan fingerprint density at radius 3 is 2.12 bits per heavy atom. The van der Waals surface area contributed by atoms with Crippen LogP contribution in [0.2, 0.25) is 0 Å². The molecule has 10 heteroatoms. The molecule has 1 atom stereocenters. The van der Waals surface area contributed by atoms with E-state index < -0.39 is 20.8 Å². The van der Waals surface area contributed by atoms with Crippen LogP contribution in [0.5, 0.6) is 0 Å². The van der Waals surface area contributed by atoms with Gasteiger partial charge in [-0.2, -0.15) is 0 Å². The topological polar surface area (TPSA) is 84.3 Å². The van der Waals surface area contributed by atoms with Gasteiger partial charge in [0, 0.05) is 27.9 Å². The molecule has 0 saturated heterocycles. The second-order valence-electron chi connectivity index (χ2n) is 4.90. The Morgan fingerprint density at radius 2 is 1.64 bits per heavy atom. The molecule has 0 aromatic heterocycles. The average Bonchev–Trinajstić information content (AvgIpc) is 2.55. The minimum Gasteiger partial charge on any atom is -0.362 e. The molecule has 0 spiro atoms. The molecule has 2 aromatic carbocycles. The van der Waals surface area contributed by atoms with Crippen molar-refractivity contribution in [1.29, 1.82) is 0 Å². The maximum Gasteiger partial charge on any atom is 0.269 e. The van der Waals surface area contributed by atoms with E-state index in [0.29, 0.717) is 5.69 Å². The minimum absolute atomic E-state index is 0.123. The van der Waals surface area contributed by atoms with Gasteiger partial charge in [-0.3, -0.25) is 14.9 Å². The lowest BCUT2D eigenvalue weighted by Gasteiger charge is -2.27. The highest BCUT2D eigenvalue weighted by molar-refractivity contribution is 9.10. The van der Waals surface area contributed by atoms with E-state index in [1.807, 2.05) is 0 Å². The summed E-state index contributed by atoms with van der Waals surface area (Å²) in [5, 5.41) is 16.1. The Kier molecular flexibility index (Phi) is 6.51. The van der Waals surface area contributed by atoms with Crippen LogP contribution in [-0.2, 0) is 0 Å². The first-order valence-corrected chi connectivity index (χ1v) is 8.73. The number of non-ortho nitro benzene ring substituents is 1. The first kappa shape index (κ1) is 19.8. The fourth-order valence-corrected chi connectivity index (χ4v) is 2.45. The summed E-state index contributed by atoms with van der Waals surface area (Å²) in [4.78, 5) is 22.4. The molecule has 2 aromatic rings. The lowest BCUT2D eigenvalue weighted by atomic mass is 10.2. The van der Waals surface area contributed by atoms with E-state index in [4.69, 9.17) is 34.8 Å². The number of halogens is 4. The van der Waals surface area contributed by atoms with Gasteiger partial charge in [0.05, 0.1) is 4.92 Å². The van der Waals surface area contributed by atoms with E-state index in [9.17, 15) is 14.9 Å². The van der Waals surface area contributed by atoms with Gasteiger partial charge in [-0.1, -0.05) is 50.7 Å². The van der Waals surface area contributed by atoms with Crippen molar-refractivity contribution in [3.8, 4) is 0 Å². The Labute approximate surface area is 166 Å². The maximum absolute atomic E-state index is 12.3. The van der Waals surface area contributed by atoms with Crippen LogP contribution in [0.25, 0.3) is 0 Å². The highest BCUT2D eigenvalue weighted by Crippen LogP contribution is 2.31. The fourth-order valence-electron chi connectivity index (χ4n) is 1.86. The number of nitrogens with zero attached hydrogens (tertiary/aromatic N) is 1. The number of hydrogen-bond donors (Lipinski definition) is 2. The number of alkyl halides is 3. The monoisotopic (exact) mass is 465 g/mol. The molecule has 2 N–H and O–H groups in total. The normalized spacial score (nSPS) is 12.3. The number of rotatable bonds is 5. The molecule has 0 aliphatic rings. The molecular weight excluding hydrogens is 456 g/mol. The van der Waals surface area contributed by atoms with Crippen LogP contribution < -0.4 is 10.6 Å². The molecule has 25 heavy (non-hydrogen) atoms. The number of carbonyl (C=O) groups excluding carboxylic acids is 1. The van der Waals surface area contributed by atoms with Crippen molar-refractivity contribution in [3.05, 3.63) is 68.7 Å². The van der Waals surface area contributed by atoms with E-state index in [0.717, 1.165) is 4.47 Å². The molecule has 1 amide bonds. The molecule has 6 nitrogen and oxygen atoms in total. The quantitative estimate of drug-likeness (QED) is 0.284. The number of benzene rings is 2. The van der Waals surface area contributed by atoms with Crippen LogP contribution in [0, 0.1) is 10.1 Å². The first-order valence-electron chi connectivity index (χ1n) is 6.81. The van der Waals surface area contributed by atoms with Crippen molar-refractivity contribution in [2.75, 3.05) is 5.32 Å². The van der Waals surface area contributed by atoms with Crippen molar-refractivity contribution >= 4 is 68.0 Å². The standard InChI is InChI=1S/C15H11BrCl3N3O3/c16-10-3-5-11(6-4-10)20-14(15(17,18)19)21-13(23)9-1-7-12(8-2-9)22(24)25/h1-8,14,20H,(H,21,23)/t14-/m1/s1. The van der Waals surface area contributed by atoms with Gasteiger partial charge in [0.2, 0.25) is 3.79 Å². The molecular formula is C15H11BrCl3N3O3. The van der Waals surface area contributed by atoms with E-state index in [1.54, 1.807) is 24.3 Å². The van der Waals surface area contributed by atoms with Gasteiger partial charge < -0.3 is 10.6 Å².